The molecule has 1 unspecified atom stereocenters. The van der Waals surface area contributed by atoms with Crippen LogP contribution in [0.5, 0.6) is 0 Å². The molecule has 2 rings (SSSR count). The van der Waals surface area contributed by atoms with Crippen molar-refractivity contribution >= 4 is 17.2 Å². The van der Waals surface area contributed by atoms with Gasteiger partial charge in [0.1, 0.15) is 0 Å². The quantitative estimate of drug-likeness (QED) is 0.852. The maximum Gasteiger partial charge on any atom is 0.0948 e. The number of thiocarbonyl (C=S) groups is 1. The van der Waals surface area contributed by atoms with Gasteiger partial charge in [0.15, 0.2) is 0 Å². The third-order valence-corrected chi connectivity index (χ3v) is 4.41. The van der Waals surface area contributed by atoms with Gasteiger partial charge in [-0.05, 0) is 32.4 Å². The van der Waals surface area contributed by atoms with E-state index in [1.54, 1.807) is 0 Å². The van der Waals surface area contributed by atoms with Gasteiger partial charge in [-0.15, -0.1) is 0 Å². The van der Waals surface area contributed by atoms with E-state index in [4.69, 9.17) is 18.0 Å². The van der Waals surface area contributed by atoms with Gasteiger partial charge in [0, 0.05) is 6.04 Å². The van der Waals surface area contributed by atoms with Crippen molar-refractivity contribution in [3.8, 4) is 0 Å². The second-order valence-corrected chi connectivity index (χ2v) is 6.15. The average Bonchev–Trinajstić information content (AvgIpc) is 2.39. The van der Waals surface area contributed by atoms with E-state index in [-0.39, 0.29) is 6.04 Å². The lowest BCUT2D eigenvalue weighted by Crippen LogP contribution is -2.41. The molecular formula is C16H24N2S. The van der Waals surface area contributed by atoms with Crippen LogP contribution in [0, 0.1) is 6.92 Å². The molecular weight excluding hydrogens is 252 g/mol. The first-order valence-electron chi connectivity index (χ1n) is 7.17. The number of benzene rings is 1. The molecule has 0 spiro atoms. The Morgan fingerprint density at radius 1 is 1.32 bits per heavy atom. The largest absolute Gasteiger partial charge is 0.392 e. The third-order valence-electron chi connectivity index (χ3n) is 4.19. The molecule has 19 heavy (non-hydrogen) atoms. The van der Waals surface area contributed by atoms with Crippen molar-refractivity contribution < 1.29 is 0 Å². The van der Waals surface area contributed by atoms with E-state index in [9.17, 15) is 0 Å². The van der Waals surface area contributed by atoms with E-state index in [1.807, 2.05) is 0 Å². The summed E-state index contributed by atoms with van der Waals surface area (Å²) in [6.45, 7) is 2.11. The topological polar surface area (TPSA) is 29.3 Å². The molecule has 0 aromatic heterocycles. The molecule has 0 bridgehead atoms. The van der Waals surface area contributed by atoms with Gasteiger partial charge < -0.3 is 5.73 Å². The fourth-order valence-corrected chi connectivity index (χ4v) is 3.44. The molecule has 0 amide bonds. The maximum absolute atomic E-state index is 6.02. The van der Waals surface area contributed by atoms with Crippen molar-refractivity contribution in [3.05, 3.63) is 35.4 Å². The zero-order chi connectivity index (χ0) is 13.8. The van der Waals surface area contributed by atoms with Gasteiger partial charge in [0.2, 0.25) is 0 Å². The highest BCUT2D eigenvalue weighted by Gasteiger charge is 2.27. The lowest BCUT2D eigenvalue weighted by molar-refractivity contribution is 0.170. The van der Waals surface area contributed by atoms with Crippen molar-refractivity contribution in [3.63, 3.8) is 0 Å². The summed E-state index contributed by atoms with van der Waals surface area (Å²) in [4.78, 5) is 2.97. The Hall–Kier alpha value is -0.930. The summed E-state index contributed by atoms with van der Waals surface area (Å²) in [7, 11) is 2.17. The SMILES string of the molecule is Cc1cccc(C(C(N)=S)N(C)C2CCCCC2)c1. The summed E-state index contributed by atoms with van der Waals surface area (Å²) < 4.78 is 0. The molecule has 1 fully saturated rings. The standard InChI is InChI=1S/C16H24N2S/c1-12-7-6-8-13(11-12)15(16(17)19)18(2)14-9-4-3-5-10-14/h6-8,11,14-15H,3-5,9-10H2,1-2H3,(H2,17,19). The minimum absolute atomic E-state index is 0.0676. The van der Waals surface area contributed by atoms with Crippen molar-refractivity contribution in [2.75, 3.05) is 7.05 Å². The number of aryl methyl sites for hydroxylation is 1. The monoisotopic (exact) mass is 276 g/mol. The van der Waals surface area contributed by atoms with Crippen molar-refractivity contribution in [2.24, 2.45) is 5.73 Å². The first kappa shape index (κ1) is 14.5. The second-order valence-electron chi connectivity index (χ2n) is 5.68. The molecule has 1 aliphatic carbocycles. The molecule has 3 heteroatoms. The van der Waals surface area contributed by atoms with E-state index in [0.29, 0.717) is 11.0 Å². The number of nitrogens with two attached hydrogens (primary N) is 1. The third kappa shape index (κ3) is 3.54. The van der Waals surface area contributed by atoms with E-state index < -0.39 is 0 Å². The summed E-state index contributed by atoms with van der Waals surface area (Å²) in [5, 5.41) is 0. The Morgan fingerprint density at radius 2 is 2.00 bits per heavy atom. The Balaban J connectivity index is 2.21. The molecule has 1 aromatic carbocycles. The highest BCUT2D eigenvalue weighted by molar-refractivity contribution is 7.80. The predicted molar refractivity (Wildman–Crippen MR) is 85.3 cm³/mol. The zero-order valence-corrected chi connectivity index (χ0v) is 12.7. The Morgan fingerprint density at radius 3 is 2.58 bits per heavy atom. The highest BCUT2D eigenvalue weighted by atomic mass is 32.1. The molecule has 1 aliphatic rings. The molecule has 1 saturated carbocycles. The number of rotatable bonds is 4. The van der Waals surface area contributed by atoms with Crippen LogP contribution in [0.3, 0.4) is 0 Å². The van der Waals surface area contributed by atoms with Crippen molar-refractivity contribution in [1.82, 2.24) is 4.90 Å². The second kappa shape index (κ2) is 6.49. The van der Waals surface area contributed by atoms with Gasteiger partial charge >= 0.3 is 0 Å². The van der Waals surface area contributed by atoms with Gasteiger partial charge in [-0.2, -0.15) is 0 Å². The van der Waals surface area contributed by atoms with Crippen molar-refractivity contribution in [2.45, 2.75) is 51.1 Å². The van der Waals surface area contributed by atoms with Gasteiger partial charge in [-0.3, -0.25) is 4.90 Å². The molecule has 1 aromatic rings. The van der Waals surface area contributed by atoms with Gasteiger partial charge in [-0.25, -0.2) is 0 Å². The fourth-order valence-electron chi connectivity index (χ4n) is 3.14. The van der Waals surface area contributed by atoms with E-state index in [1.165, 1.54) is 43.2 Å². The number of hydrogen-bond acceptors (Lipinski definition) is 2. The van der Waals surface area contributed by atoms with Crippen molar-refractivity contribution in [1.29, 1.82) is 0 Å². The normalized spacial score (nSPS) is 18.5. The summed E-state index contributed by atoms with van der Waals surface area (Å²) in [5.74, 6) is 0. The average molecular weight is 276 g/mol. The molecule has 104 valence electrons. The summed E-state index contributed by atoms with van der Waals surface area (Å²) >= 11 is 5.32. The number of likely N-dealkylation sites (N-methyl/N-ethyl adjacent to an activating group) is 1. The summed E-state index contributed by atoms with van der Waals surface area (Å²) in [6.07, 6.45) is 6.55. The first-order valence-corrected chi connectivity index (χ1v) is 7.58. The van der Waals surface area contributed by atoms with Gasteiger partial charge in [0.05, 0.1) is 11.0 Å². The predicted octanol–water partition coefficient (Wildman–Crippen LogP) is 3.59. The van der Waals surface area contributed by atoms with E-state index in [2.05, 4.69) is 43.1 Å². The molecule has 1 atom stereocenters. The van der Waals surface area contributed by atoms with Gasteiger partial charge in [-0.1, -0.05) is 61.3 Å². The highest BCUT2D eigenvalue weighted by Crippen LogP contribution is 2.29. The lowest BCUT2D eigenvalue weighted by atomic mass is 9.92. The molecule has 2 N–H and O–H groups in total. The molecule has 0 aliphatic heterocycles. The molecule has 2 nitrogen and oxygen atoms in total. The van der Waals surface area contributed by atoms with Crippen LogP contribution in [0.15, 0.2) is 24.3 Å². The van der Waals surface area contributed by atoms with Crippen LogP contribution in [0.1, 0.15) is 49.3 Å². The zero-order valence-electron chi connectivity index (χ0n) is 11.9. The van der Waals surface area contributed by atoms with Crippen LogP contribution in [0.2, 0.25) is 0 Å². The fraction of sp³-hybridized carbons (Fsp3) is 0.562. The molecule has 0 heterocycles. The van der Waals surface area contributed by atoms with Crippen LogP contribution in [0.25, 0.3) is 0 Å². The Bertz CT molecular complexity index is 438. The maximum atomic E-state index is 6.02. The van der Waals surface area contributed by atoms with Crippen LogP contribution < -0.4 is 5.73 Å². The van der Waals surface area contributed by atoms with Gasteiger partial charge in [0.25, 0.3) is 0 Å². The summed E-state index contributed by atoms with van der Waals surface area (Å²) in [6, 6.07) is 9.21. The minimum Gasteiger partial charge on any atom is -0.392 e. The minimum atomic E-state index is 0.0676. The van der Waals surface area contributed by atoms with Crippen LogP contribution in [-0.4, -0.2) is 23.0 Å². The first-order chi connectivity index (χ1) is 9.09. The smallest absolute Gasteiger partial charge is 0.0948 e. The molecule has 0 radical (unpaired) electrons. The summed E-state index contributed by atoms with van der Waals surface area (Å²) in [5.41, 5.74) is 8.50. The Kier molecular flexibility index (Phi) is 4.94. The molecule has 0 saturated heterocycles. The van der Waals surface area contributed by atoms with E-state index in [0.717, 1.165) is 0 Å². The van der Waals surface area contributed by atoms with E-state index >= 15 is 0 Å². The van der Waals surface area contributed by atoms with Crippen LogP contribution >= 0.6 is 12.2 Å². The number of nitrogens with zero attached hydrogens (tertiary/aromatic N) is 1. The Labute approximate surface area is 122 Å². The van der Waals surface area contributed by atoms with Crippen LogP contribution in [0.4, 0.5) is 0 Å². The number of hydrogen-bond donors (Lipinski definition) is 1. The lowest BCUT2D eigenvalue weighted by Gasteiger charge is -2.37. The van der Waals surface area contributed by atoms with Crippen LogP contribution in [-0.2, 0) is 0 Å².